The smallest absolute Gasteiger partial charge is 0.163 e. The first-order valence-electron chi connectivity index (χ1n) is 10.2. The molecule has 2 aliphatic rings. The van der Waals surface area contributed by atoms with E-state index in [0.29, 0.717) is 13.2 Å². The van der Waals surface area contributed by atoms with Crippen LogP contribution < -0.4 is 14.4 Å². The molecule has 5 rings (SSSR count). The Balaban J connectivity index is 1.12. The van der Waals surface area contributed by atoms with Crippen LogP contribution in [0, 0.1) is 5.82 Å². The van der Waals surface area contributed by atoms with Crippen molar-refractivity contribution in [3.63, 3.8) is 0 Å². The number of benzene rings is 2. The molecule has 2 aliphatic heterocycles. The summed E-state index contributed by atoms with van der Waals surface area (Å²) in [6.07, 6.45) is 2.86. The van der Waals surface area contributed by atoms with E-state index in [1.54, 1.807) is 0 Å². The van der Waals surface area contributed by atoms with Crippen molar-refractivity contribution in [3.8, 4) is 11.5 Å². The Kier molecular flexibility index (Phi) is 4.97. The SMILES string of the molecule is Fc1ccc2c(c1)ncn2CCCN1CCN(c2ccc3c(c2)OCCO3)CC1. The highest BCUT2D eigenvalue weighted by atomic mass is 19.1. The fourth-order valence-electron chi connectivity index (χ4n) is 4.14. The number of hydrogen-bond donors (Lipinski definition) is 0. The molecule has 0 radical (unpaired) electrons. The summed E-state index contributed by atoms with van der Waals surface area (Å²) in [5.41, 5.74) is 2.92. The third kappa shape index (κ3) is 3.87. The maximum Gasteiger partial charge on any atom is 0.163 e. The molecule has 0 spiro atoms. The lowest BCUT2D eigenvalue weighted by atomic mass is 10.2. The minimum Gasteiger partial charge on any atom is -0.486 e. The normalized spacial score (nSPS) is 17.1. The number of aromatic nitrogens is 2. The molecule has 0 saturated carbocycles. The van der Waals surface area contributed by atoms with E-state index in [9.17, 15) is 4.39 Å². The molecule has 0 unspecified atom stereocenters. The molecule has 0 amide bonds. The first-order valence-corrected chi connectivity index (χ1v) is 10.2. The van der Waals surface area contributed by atoms with Gasteiger partial charge in [0.25, 0.3) is 0 Å². The van der Waals surface area contributed by atoms with Gasteiger partial charge in [0.15, 0.2) is 11.5 Å². The summed E-state index contributed by atoms with van der Waals surface area (Å²) in [4.78, 5) is 9.22. The molecule has 0 aliphatic carbocycles. The van der Waals surface area contributed by atoms with Gasteiger partial charge in [0.1, 0.15) is 19.0 Å². The van der Waals surface area contributed by atoms with Crippen LogP contribution in [0.4, 0.5) is 10.1 Å². The Morgan fingerprint density at radius 2 is 1.72 bits per heavy atom. The van der Waals surface area contributed by atoms with E-state index in [4.69, 9.17) is 9.47 Å². The first-order chi connectivity index (χ1) is 14.3. The third-order valence-electron chi connectivity index (χ3n) is 5.72. The van der Waals surface area contributed by atoms with Crippen molar-refractivity contribution >= 4 is 16.7 Å². The number of anilines is 1. The number of nitrogens with zero attached hydrogens (tertiary/aromatic N) is 4. The van der Waals surface area contributed by atoms with Crippen LogP contribution >= 0.6 is 0 Å². The number of ether oxygens (including phenoxy) is 2. The van der Waals surface area contributed by atoms with E-state index in [1.165, 1.54) is 17.8 Å². The predicted octanol–water partition coefficient (Wildman–Crippen LogP) is 3.16. The van der Waals surface area contributed by atoms with Crippen LogP contribution in [0.1, 0.15) is 6.42 Å². The second-order valence-corrected chi connectivity index (χ2v) is 7.58. The summed E-state index contributed by atoms with van der Waals surface area (Å²) in [5.74, 6) is 1.45. The molecule has 6 nitrogen and oxygen atoms in total. The van der Waals surface area contributed by atoms with Gasteiger partial charge in [-0.3, -0.25) is 4.90 Å². The minimum absolute atomic E-state index is 0.237. The van der Waals surface area contributed by atoms with Crippen LogP contribution in [0.2, 0.25) is 0 Å². The molecule has 7 heteroatoms. The van der Waals surface area contributed by atoms with Crippen LogP contribution in [-0.2, 0) is 6.54 Å². The van der Waals surface area contributed by atoms with Crippen LogP contribution in [-0.4, -0.2) is 60.4 Å². The molecule has 1 saturated heterocycles. The summed E-state index contributed by atoms with van der Waals surface area (Å²) in [5, 5.41) is 0. The molecule has 2 aromatic carbocycles. The molecule has 29 heavy (non-hydrogen) atoms. The molecule has 3 heterocycles. The standard InChI is InChI=1S/C22H25FN4O2/c23-17-2-4-20-19(14-17)24-16-27(20)7-1-6-25-8-10-26(11-9-25)18-3-5-21-22(15-18)29-13-12-28-21/h2-5,14-16H,1,6-13H2. The van der Waals surface area contributed by atoms with E-state index in [2.05, 4.69) is 31.5 Å². The maximum atomic E-state index is 13.3. The summed E-state index contributed by atoms with van der Waals surface area (Å²) in [6, 6.07) is 11.0. The fourth-order valence-corrected chi connectivity index (χ4v) is 4.14. The van der Waals surface area contributed by atoms with E-state index >= 15 is 0 Å². The number of piperazine rings is 1. The minimum atomic E-state index is -0.237. The molecule has 1 fully saturated rings. The number of halogens is 1. The van der Waals surface area contributed by atoms with Crippen LogP contribution in [0.15, 0.2) is 42.7 Å². The summed E-state index contributed by atoms with van der Waals surface area (Å²) < 4.78 is 26.7. The van der Waals surface area contributed by atoms with Gasteiger partial charge in [-0.1, -0.05) is 0 Å². The lowest BCUT2D eigenvalue weighted by molar-refractivity contribution is 0.171. The molecular formula is C22H25FN4O2. The highest BCUT2D eigenvalue weighted by Gasteiger charge is 2.19. The van der Waals surface area contributed by atoms with E-state index in [-0.39, 0.29) is 5.82 Å². The number of imidazole rings is 1. The van der Waals surface area contributed by atoms with Crippen molar-refractivity contribution in [2.45, 2.75) is 13.0 Å². The molecule has 0 bridgehead atoms. The van der Waals surface area contributed by atoms with Crippen LogP contribution in [0.5, 0.6) is 11.5 Å². The van der Waals surface area contributed by atoms with Gasteiger partial charge in [0.05, 0.1) is 17.4 Å². The van der Waals surface area contributed by atoms with Gasteiger partial charge >= 0.3 is 0 Å². The van der Waals surface area contributed by atoms with Crippen molar-refractivity contribution in [3.05, 3.63) is 48.5 Å². The number of aryl methyl sites for hydroxylation is 1. The fraction of sp³-hybridized carbons (Fsp3) is 0.409. The quantitative estimate of drug-likeness (QED) is 0.663. The second-order valence-electron chi connectivity index (χ2n) is 7.58. The summed E-state index contributed by atoms with van der Waals surface area (Å²) in [6.45, 7) is 7.29. The molecule has 0 N–H and O–H groups in total. The average molecular weight is 396 g/mol. The summed E-state index contributed by atoms with van der Waals surface area (Å²) >= 11 is 0. The van der Waals surface area contributed by atoms with Crippen molar-refractivity contribution in [1.82, 2.24) is 14.5 Å². The van der Waals surface area contributed by atoms with Gasteiger partial charge in [0, 0.05) is 50.5 Å². The number of rotatable bonds is 5. The third-order valence-corrected chi connectivity index (χ3v) is 5.72. The van der Waals surface area contributed by atoms with Gasteiger partial charge in [-0.25, -0.2) is 9.37 Å². The van der Waals surface area contributed by atoms with Gasteiger partial charge in [-0.15, -0.1) is 0 Å². The predicted molar refractivity (Wildman–Crippen MR) is 110 cm³/mol. The zero-order chi connectivity index (χ0) is 19.6. The van der Waals surface area contributed by atoms with Crippen molar-refractivity contribution in [1.29, 1.82) is 0 Å². The van der Waals surface area contributed by atoms with Gasteiger partial charge in [-0.2, -0.15) is 0 Å². The Morgan fingerprint density at radius 3 is 2.59 bits per heavy atom. The van der Waals surface area contributed by atoms with Gasteiger partial charge in [0.2, 0.25) is 0 Å². The highest BCUT2D eigenvalue weighted by Crippen LogP contribution is 2.34. The van der Waals surface area contributed by atoms with Crippen LogP contribution in [0.25, 0.3) is 11.0 Å². The van der Waals surface area contributed by atoms with Gasteiger partial charge < -0.3 is 18.9 Å². The molecular weight excluding hydrogens is 371 g/mol. The Bertz CT molecular complexity index is 998. The van der Waals surface area contributed by atoms with Gasteiger partial charge in [-0.05, 0) is 37.2 Å². The number of fused-ring (bicyclic) bond motifs is 2. The van der Waals surface area contributed by atoms with Crippen molar-refractivity contribution in [2.24, 2.45) is 0 Å². The van der Waals surface area contributed by atoms with Crippen molar-refractivity contribution < 1.29 is 13.9 Å². The average Bonchev–Trinajstić information content (AvgIpc) is 3.16. The second kappa shape index (κ2) is 7.91. The van der Waals surface area contributed by atoms with Crippen molar-refractivity contribution in [2.75, 3.05) is 50.8 Å². The van der Waals surface area contributed by atoms with E-state index < -0.39 is 0 Å². The zero-order valence-electron chi connectivity index (χ0n) is 16.4. The Labute approximate surface area is 169 Å². The highest BCUT2D eigenvalue weighted by molar-refractivity contribution is 5.75. The first kappa shape index (κ1) is 18.2. The molecule has 152 valence electrons. The molecule has 0 atom stereocenters. The Hall–Kier alpha value is -2.80. The van der Waals surface area contributed by atoms with Crippen LogP contribution in [0.3, 0.4) is 0 Å². The lowest BCUT2D eigenvalue weighted by Crippen LogP contribution is -2.46. The summed E-state index contributed by atoms with van der Waals surface area (Å²) in [7, 11) is 0. The molecule has 1 aromatic heterocycles. The topological polar surface area (TPSA) is 42.8 Å². The monoisotopic (exact) mass is 396 g/mol. The zero-order valence-corrected chi connectivity index (χ0v) is 16.4. The lowest BCUT2D eigenvalue weighted by Gasteiger charge is -2.36. The van der Waals surface area contributed by atoms with E-state index in [0.717, 1.165) is 68.2 Å². The number of hydrogen-bond acceptors (Lipinski definition) is 5. The maximum absolute atomic E-state index is 13.3. The Morgan fingerprint density at radius 1 is 0.897 bits per heavy atom. The van der Waals surface area contributed by atoms with E-state index in [1.807, 2.05) is 18.5 Å². The largest absolute Gasteiger partial charge is 0.486 e. The molecule has 3 aromatic rings.